The van der Waals surface area contributed by atoms with Crippen molar-refractivity contribution in [1.82, 2.24) is 10.2 Å². The summed E-state index contributed by atoms with van der Waals surface area (Å²) in [6.07, 6.45) is 1.25. The average Bonchev–Trinajstić information content (AvgIpc) is 2.30. The second kappa shape index (κ2) is 7.07. The van der Waals surface area contributed by atoms with Gasteiger partial charge in [-0.25, -0.2) is 8.42 Å². The third kappa shape index (κ3) is 5.56. The van der Waals surface area contributed by atoms with Gasteiger partial charge >= 0.3 is 5.97 Å². The van der Waals surface area contributed by atoms with Crippen molar-refractivity contribution < 1.29 is 18.3 Å². The monoisotopic (exact) mass is 320 g/mol. The van der Waals surface area contributed by atoms with E-state index in [4.69, 9.17) is 0 Å². The van der Waals surface area contributed by atoms with Crippen LogP contribution in [0.5, 0.6) is 0 Å². The van der Waals surface area contributed by atoms with Gasteiger partial charge in [0.1, 0.15) is 5.54 Å². The molecule has 0 aromatic heterocycles. The number of carboxylic acid groups (broad SMARTS) is 1. The molecule has 1 aliphatic rings. The second-order valence-electron chi connectivity index (χ2n) is 6.54. The van der Waals surface area contributed by atoms with Gasteiger partial charge in [-0.3, -0.25) is 15.0 Å². The predicted molar refractivity (Wildman–Crippen MR) is 83.2 cm³/mol. The van der Waals surface area contributed by atoms with Crippen LogP contribution >= 0.6 is 0 Å². The first-order valence-corrected chi connectivity index (χ1v) is 9.33. The lowest BCUT2D eigenvalue weighted by molar-refractivity contribution is -0.144. The molecule has 2 atom stereocenters. The fraction of sp³-hybridized carbons (Fsp3) is 0.929. The normalized spacial score (nSPS) is 25.7. The minimum atomic E-state index is -2.90. The number of nitrogens with zero attached hydrogens (tertiary/aromatic N) is 1. The molecule has 0 aromatic carbocycles. The minimum Gasteiger partial charge on any atom is -0.480 e. The molecule has 0 bridgehead atoms. The van der Waals surface area contributed by atoms with Crippen LogP contribution in [0.25, 0.3) is 0 Å². The van der Waals surface area contributed by atoms with Gasteiger partial charge in [-0.2, -0.15) is 0 Å². The molecule has 1 rings (SSSR count). The Hall–Kier alpha value is -0.660. The van der Waals surface area contributed by atoms with Gasteiger partial charge in [0.25, 0.3) is 0 Å². The van der Waals surface area contributed by atoms with Gasteiger partial charge in [0.2, 0.25) is 0 Å². The molecule has 0 saturated carbocycles. The molecule has 0 aliphatic carbocycles. The highest BCUT2D eigenvalue weighted by Crippen LogP contribution is 2.17. The Labute approximate surface area is 127 Å². The molecule has 0 aromatic rings. The topological polar surface area (TPSA) is 86.7 Å². The zero-order valence-electron chi connectivity index (χ0n) is 13.4. The van der Waals surface area contributed by atoms with Crippen LogP contribution in [-0.2, 0) is 14.6 Å². The van der Waals surface area contributed by atoms with Crippen molar-refractivity contribution in [1.29, 1.82) is 0 Å². The van der Waals surface area contributed by atoms with Crippen LogP contribution in [0.2, 0.25) is 0 Å². The van der Waals surface area contributed by atoms with E-state index in [0.29, 0.717) is 13.0 Å². The summed E-state index contributed by atoms with van der Waals surface area (Å²) < 4.78 is 23.1. The van der Waals surface area contributed by atoms with Gasteiger partial charge in [-0.05, 0) is 47.1 Å². The van der Waals surface area contributed by atoms with Crippen molar-refractivity contribution >= 4 is 15.8 Å². The number of aliphatic carboxylic acids is 1. The van der Waals surface area contributed by atoms with E-state index in [1.165, 1.54) is 0 Å². The quantitative estimate of drug-likeness (QED) is 0.719. The van der Waals surface area contributed by atoms with Gasteiger partial charge in [0, 0.05) is 18.6 Å². The molecule has 1 aliphatic heterocycles. The lowest BCUT2D eigenvalue weighted by Crippen LogP contribution is -2.53. The van der Waals surface area contributed by atoms with Crippen molar-refractivity contribution in [2.75, 3.05) is 24.6 Å². The molecule has 0 amide bonds. The van der Waals surface area contributed by atoms with E-state index in [9.17, 15) is 18.3 Å². The molecule has 2 unspecified atom stereocenters. The Morgan fingerprint density at radius 3 is 2.57 bits per heavy atom. The van der Waals surface area contributed by atoms with Crippen LogP contribution in [0, 0.1) is 0 Å². The summed E-state index contributed by atoms with van der Waals surface area (Å²) in [6.45, 7) is 8.76. The van der Waals surface area contributed by atoms with E-state index >= 15 is 0 Å². The van der Waals surface area contributed by atoms with E-state index in [1.807, 2.05) is 20.8 Å². The fourth-order valence-electron chi connectivity index (χ4n) is 2.88. The highest BCUT2D eigenvalue weighted by Gasteiger charge is 2.34. The van der Waals surface area contributed by atoms with Crippen molar-refractivity contribution in [3.63, 3.8) is 0 Å². The predicted octanol–water partition coefficient (Wildman–Crippen LogP) is 0.727. The largest absolute Gasteiger partial charge is 0.480 e. The van der Waals surface area contributed by atoms with Crippen molar-refractivity contribution in [3.05, 3.63) is 0 Å². The second-order valence-corrected chi connectivity index (χ2v) is 8.77. The Bertz CT molecular complexity index is 464. The summed E-state index contributed by atoms with van der Waals surface area (Å²) >= 11 is 0. The van der Waals surface area contributed by atoms with E-state index in [0.717, 1.165) is 13.0 Å². The summed E-state index contributed by atoms with van der Waals surface area (Å²) in [6, 6.07) is 0.114. The number of hydrogen-bond donors (Lipinski definition) is 2. The van der Waals surface area contributed by atoms with E-state index in [1.54, 1.807) is 6.92 Å². The molecule has 2 N–H and O–H groups in total. The van der Waals surface area contributed by atoms with Crippen LogP contribution in [0.15, 0.2) is 0 Å². The van der Waals surface area contributed by atoms with Crippen LogP contribution in [0.4, 0.5) is 0 Å². The van der Waals surface area contributed by atoms with Gasteiger partial charge in [0.15, 0.2) is 9.84 Å². The Morgan fingerprint density at radius 1 is 1.48 bits per heavy atom. The van der Waals surface area contributed by atoms with Crippen LogP contribution in [0.1, 0.15) is 40.5 Å². The lowest BCUT2D eigenvalue weighted by Gasteiger charge is -2.34. The molecule has 0 spiro atoms. The smallest absolute Gasteiger partial charge is 0.323 e. The Kier molecular flexibility index (Phi) is 6.19. The van der Waals surface area contributed by atoms with Crippen molar-refractivity contribution in [2.45, 2.75) is 58.2 Å². The molecule has 21 heavy (non-hydrogen) atoms. The molecule has 1 heterocycles. The van der Waals surface area contributed by atoms with Gasteiger partial charge in [-0.15, -0.1) is 0 Å². The van der Waals surface area contributed by atoms with Crippen LogP contribution < -0.4 is 5.32 Å². The standard InChI is InChI=1S/C14H28N2O4S/c1-11(2)15-14(4,13(17)18)6-5-7-16-8-9-21(19,20)10-12(16)3/h11-12,15H,5-10H2,1-4H3,(H,17,18). The Balaban J connectivity index is 2.50. The maximum atomic E-state index is 11.5. The van der Waals surface area contributed by atoms with E-state index in [2.05, 4.69) is 10.2 Å². The third-order valence-corrected chi connectivity index (χ3v) is 5.80. The van der Waals surface area contributed by atoms with Gasteiger partial charge < -0.3 is 5.11 Å². The van der Waals surface area contributed by atoms with Gasteiger partial charge in [-0.1, -0.05) is 0 Å². The zero-order valence-corrected chi connectivity index (χ0v) is 14.2. The first-order chi connectivity index (χ1) is 9.56. The molecule has 7 heteroatoms. The number of carboxylic acids is 1. The maximum absolute atomic E-state index is 11.5. The van der Waals surface area contributed by atoms with Crippen LogP contribution in [-0.4, -0.2) is 66.6 Å². The summed E-state index contributed by atoms with van der Waals surface area (Å²) in [5.41, 5.74) is -0.931. The number of sulfone groups is 1. The Morgan fingerprint density at radius 2 is 2.10 bits per heavy atom. The number of rotatable bonds is 7. The first kappa shape index (κ1) is 18.4. The molecular weight excluding hydrogens is 292 g/mol. The van der Waals surface area contributed by atoms with Crippen molar-refractivity contribution in [3.8, 4) is 0 Å². The highest BCUT2D eigenvalue weighted by molar-refractivity contribution is 7.91. The lowest BCUT2D eigenvalue weighted by atomic mass is 9.94. The van der Waals surface area contributed by atoms with E-state index < -0.39 is 21.3 Å². The minimum absolute atomic E-state index is 0.0119. The van der Waals surface area contributed by atoms with Crippen molar-refractivity contribution in [2.24, 2.45) is 0 Å². The molecule has 124 valence electrons. The SMILES string of the molecule is CC(C)NC(C)(CCCN1CCS(=O)(=O)CC1C)C(=O)O. The molecule has 1 fully saturated rings. The molecule has 6 nitrogen and oxygen atoms in total. The van der Waals surface area contributed by atoms with Crippen LogP contribution in [0.3, 0.4) is 0 Å². The number of nitrogens with one attached hydrogen (secondary N) is 1. The number of hydrogen-bond acceptors (Lipinski definition) is 5. The molecule has 1 saturated heterocycles. The molecular formula is C14H28N2O4S. The highest BCUT2D eigenvalue weighted by atomic mass is 32.2. The van der Waals surface area contributed by atoms with E-state index in [-0.39, 0.29) is 23.6 Å². The summed E-state index contributed by atoms with van der Waals surface area (Å²) in [7, 11) is -2.90. The summed E-state index contributed by atoms with van der Waals surface area (Å²) in [5, 5.41) is 12.5. The average molecular weight is 320 g/mol. The molecule has 0 radical (unpaired) electrons. The fourth-order valence-corrected chi connectivity index (χ4v) is 4.50. The zero-order chi connectivity index (χ0) is 16.3. The maximum Gasteiger partial charge on any atom is 0.323 e. The first-order valence-electron chi connectivity index (χ1n) is 7.51. The summed E-state index contributed by atoms with van der Waals surface area (Å²) in [5.74, 6) is -0.434. The number of carbonyl (C=O) groups is 1. The third-order valence-electron chi connectivity index (χ3n) is 4.01. The summed E-state index contributed by atoms with van der Waals surface area (Å²) in [4.78, 5) is 13.6. The van der Waals surface area contributed by atoms with Gasteiger partial charge in [0.05, 0.1) is 11.5 Å².